The fourth-order valence-corrected chi connectivity index (χ4v) is 3.81. The molecule has 1 aliphatic heterocycles. The number of hydrogen-bond donors (Lipinski definition) is 2. The van der Waals surface area contributed by atoms with Crippen LogP contribution >= 0.6 is 0 Å². The molecule has 3 N–H and O–H groups in total. The SMILES string of the molecule is CC1(Oc2ccc(N)c(C(=N)c3cc(N4CCN(c5ccncn5)CC4)ncn3)c2)CC1. The summed E-state index contributed by atoms with van der Waals surface area (Å²) in [5.41, 5.74) is 8.04. The molecule has 32 heavy (non-hydrogen) atoms. The van der Waals surface area contributed by atoms with Crippen LogP contribution in [0.4, 0.5) is 17.3 Å². The quantitative estimate of drug-likeness (QED) is 0.453. The zero-order chi connectivity index (χ0) is 22.1. The van der Waals surface area contributed by atoms with Crippen LogP contribution in [0.5, 0.6) is 5.75 Å². The minimum absolute atomic E-state index is 0.0917. The average Bonchev–Trinajstić information content (AvgIpc) is 3.57. The Kier molecular flexibility index (Phi) is 5.08. The number of anilines is 3. The molecule has 3 heterocycles. The van der Waals surface area contributed by atoms with Crippen LogP contribution in [0.3, 0.4) is 0 Å². The first-order valence-electron chi connectivity index (χ1n) is 10.8. The summed E-state index contributed by atoms with van der Waals surface area (Å²) in [5.74, 6) is 2.47. The van der Waals surface area contributed by atoms with Crippen molar-refractivity contribution in [1.82, 2.24) is 19.9 Å². The number of nitrogens with two attached hydrogens (primary N) is 1. The van der Waals surface area contributed by atoms with Crippen molar-refractivity contribution in [3.8, 4) is 5.75 Å². The molecule has 0 amide bonds. The maximum absolute atomic E-state index is 8.74. The standard InChI is InChI=1S/C23H26N8O/c1-23(5-6-23)32-16-2-3-18(24)17(12-16)22(25)19-13-21(29-15-27-19)31-10-8-30(9-11-31)20-4-7-26-14-28-20/h2-4,7,12-15,25H,5-6,8-11,24H2,1H3. The molecule has 5 rings (SSSR count). The molecule has 2 fully saturated rings. The first-order chi connectivity index (χ1) is 15.5. The van der Waals surface area contributed by atoms with Gasteiger partial charge in [0, 0.05) is 49.7 Å². The fourth-order valence-electron chi connectivity index (χ4n) is 3.81. The predicted molar refractivity (Wildman–Crippen MR) is 124 cm³/mol. The van der Waals surface area contributed by atoms with Crippen LogP contribution in [0.25, 0.3) is 0 Å². The maximum atomic E-state index is 8.74. The highest BCUT2D eigenvalue weighted by atomic mass is 16.5. The van der Waals surface area contributed by atoms with Gasteiger partial charge in [-0.2, -0.15) is 0 Å². The lowest BCUT2D eigenvalue weighted by atomic mass is 10.0. The summed E-state index contributed by atoms with van der Waals surface area (Å²) in [6.45, 7) is 5.36. The molecule has 2 aliphatic rings. The Labute approximate surface area is 186 Å². The lowest BCUT2D eigenvalue weighted by Crippen LogP contribution is -2.47. The zero-order valence-electron chi connectivity index (χ0n) is 18.0. The summed E-state index contributed by atoms with van der Waals surface area (Å²) in [6.07, 6.45) is 6.93. The Morgan fingerprint density at radius 2 is 1.69 bits per heavy atom. The highest BCUT2D eigenvalue weighted by Gasteiger charge is 2.40. The summed E-state index contributed by atoms with van der Waals surface area (Å²) in [5, 5.41) is 8.74. The van der Waals surface area contributed by atoms with Gasteiger partial charge in [0.1, 0.15) is 35.6 Å². The molecule has 9 nitrogen and oxygen atoms in total. The Bertz CT molecular complexity index is 1120. The van der Waals surface area contributed by atoms with Gasteiger partial charge in [-0.05, 0) is 44.0 Å². The Morgan fingerprint density at radius 1 is 0.969 bits per heavy atom. The number of nitrogens with zero attached hydrogens (tertiary/aromatic N) is 6. The Morgan fingerprint density at radius 3 is 2.38 bits per heavy atom. The van der Waals surface area contributed by atoms with Crippen molar-refractivity contribution in [2.24, 2.45) is 0 Å². The highest BCUT2D eigenvalue weighted by molar-refractivity contribution is 6.13. The monoisotopic (exact) mass is 430 g/mol. The largest absolute Gasteiger partial charge is 0.488 e. The third-order valence-electron chi connectivity index (χ3n) is 6.02. The lowest BCUT2D eigenvalue weighted by Gasteiger charge is -2.36. The fraction of sp³-hybridized carbons (Fsp3) is 0.348. The van der Waals surface area contributed by atoms with Gasteiger partial charge in [-0.1, -0.05) is 0 Å². The van der Waals surface area contributed by atoms with E-state index in [1.807, 2.05) is 24.3 Å². The van der Waals surface area contributed by atoms with Crippen molar-refractivity contribution < 1.29 is 4.74 Å². The third kappa shape index (κ3) is 4.18. The third-order valence-corrected chi connectivity index (χ3v) is 6.02. The number of hydrogen-bond acceptors (Lipinski definition) is 9. The smallest absolute Gasteiger partial charge is 0.132 e. The molecule has 1 saturated carbocycles. The summed E-state index contributed by atoms with van der Waals surface area (Å²) in [7, 11) is 0. The van der Waals surface area contributed by atoms with E-state index in [1.54, 1.807) is 18.6 Å². The van der Waals surface area contributed by atoms with Crippen molar-refractivity contribution in [2.75, 3.05) is 41.7 Å². The predicted octanol–water partition coefficient (Wildman–Crippen LogP) is 2.52. The lowest BCUT2D eigenvalue weighted by molar-refractivity contribution is 0.200. The molecule has 2 aromatic heterocycles. The van der Waals surface area contributed by atoms with Crippen molar-refractivity contribution >= 4 is 23.0 Å². The molecule has 0 unspecified atom stereocenters. The molecule has 9 heteroatoms. The van der Waals surface area contributed by atoms with E-state index in [-0.39, 0.29) is 11.3 Å². The Balaban J connectivity index is 1.31. The van der Waals surface area contributed by atoms with E-state index < -0.39 is 0 Å². The molecule has 0 bridgehead atoms. The molecule has 164 valence electrons. The van der Waals surface area contributed by atoms with Gasteiger partial charge >= 0.3 is 0 Å². The number of aromatic nitrogens is 4. The average molecular weight is 431 g/mol. The van der Waals surface area contributed by atoms with Crippen LogP contribution in [0, 0.1) is 5.41 Å². The van der Waals surface area contributed by atoms with Crippen LogP contribution < -0.4 is 20.3 Å². The van der Waals surface area contributed by atoms with Gasteiger partial charge in [0.25, 0.3) is 0 Å². The summed E-state index contributed by atoms with van der Waals surface area (Å²) in [4.78, 5) is 21.5. The van der Waals surface area contributed by atoms with Gasteiger partial charge in [0.05, 0.1) is 11.4 Å². The number of benzene rings is 1. The van der Waals surface area contributed by atoms with Crippen LogP contribution in [0.2, 0.25) is 0 Å². The van der Waals surface area contributed by atoms with Gasteiger partial charge < -0.3 is 20.3 Å². The molecular weight excluding hydrogens is 404 g/mol. The van der Waals surface area contributed by atoms with Gasteiger partial charge in [0.15, 0.2) is 0 Å². The summed E-state index contributed by atoms with van der Waals surface area (Å²) >= 11 is 0. The molecule has 3 aromatic rings. The summed E-state index contributed by atoms with van der Waals surface area (Å²) in [6, 6.07) is 9.27. The van der Waals surface area contributed by atoms with Gasteiger partial charge in [-0.3, -0.25) is 5.41 Å². The van der Waals surface area contributed by atoms with Crippen LogP contribution in [-0.4, -0.2) is 57.4 Å². The molecule has 0 atom stereocenters. The van der Waals surface area contributed by atoms with Crippen molar-refractivity contribution in [3.63, 3.8) is 0 Å². The van der Waals surface area contributed by atoms with E-state index in [0.717, 1.165) is 56.4 Å². The van der Waals surface area contributed by atoms with E-state index in [0.29, 0.717) is 16.9 Å². The van der Waals surface area contributed by atoms with Crippen LogP contribution in [0.1, 0.15) is 31.0 Å². The maximum Gasteiger partial charge on any atom is 0.132 e. The van der Waals surface area contributed by atoms with E-state index in [9.17, 15) is 0 Å². The minimum atomic E-state index is -0.0917. The normalized spacial score (nSPS) is 17.2. The van der Waals surface area contributed by atoms with E-state index in [2.05, 4.69) is 36.7 Å². The molecular formula is C23H26N8O. The number of nitrogen functional groups attached to an aromatic ring is 1. The van der Waals surface area contributed by atoms with E-state index in [1.165, 1.54) is 6.33 Å². The topological polar surface area (TPSA) is 117 Å². The van der Waals surface area contributed by atoms with Gasteiger partial charge in [0.2, 0.25) is 0 Å². The zero-order valence-corrected chi connectivity index (χ0v) is 18.0. The van der Waals surface area contributed by atoms with Gasteiger partial charge in [-0.25, -0.2) is 19.9 Å². The number of piperazine rings is 1. The van der Waals surface area contributed by atoms with Gasteiger partial charge in [-0.15, -0.1) is 0 Å². The first-order valence-corrected chi connectivity index (χ1v) is 10.8. The molecule has 0 spiro atoms. The molecule has 0 radical (unpaired) electrons. The molecule has 1 aromatic carbocycles. The molecule has 1 aliphatic carbocycles. The number of ether oxygens (including phenoxy) is 1. The second-order valence-corrected chi connectivity index (χ2v) is 8.48. The second-order valence-electron chi connectivity index (χ2n) is 8.48. The minimum Gasteiger partial charge on any atom is -0.488 e. The van der Waals surface area contributed by atoms with Crippen LogP contribution in [-0.2, 0) is 0 Å². The van der Waals surface area contributed by atoms with Crippen LogP contribution in [0.15, 0.2) is 49.2 Å². The van der Waals surface area contributed by atoms with Crippen molar-refractivity contribution in [3.05, 3.63) is 60.4 Å². The molecule has 1 saturated heterocycles. The van der Waals surface area contributed by atoms with E-state index in [4.69, 9.17) is 15.9 Å². The highest BCUT2D eigenvalue weighted by Crippen LogP contribution is 2.40. The number of rotatable bonds is 6. The van der Waals surface area contributed by atoms with E-state index >= 15 is 0 Å². The van der Waals surface area contributed by atoms with Crippen molar-refractivity contribution in [2.45, 2.75) is 25.4 Å². The Hall–Kier alpha value is -3.75. The first kappa shape index (κ1) is 20.2. The number of nitrogens with one attached hydrogen (secondary N) is 1. The summed E-state index contributed by atoms with van der Waals surface area (Å²) < 4.78 is 6.05. The second kappa shape index (κ2) is 8.07. The van der Waals surface area contributed by atoms with Crippen molar-refractivity contribution in [1.29, 1.82) is 5.41 Å².